The molecule has 6 heteroatoms. The van der Waals surface area contributed by atoms with E-state index < -0.39 is 5.91 Å². The summed E-state index contributed by atoms with van der Waals surface area (Å²) < 4.78 is 0. The van der Waals surface area contributed by atoms with E-state index in [2.05, 4.69) is 10.5 Å². The summed E-state index contributed by atoms with van der Waals surface area (Å²) in [4.78, 5) is 12.2. The van der Waals surface area contributed by atoms with Crippen LogP contribution in [0.3, 0.4) is 0 Å². The Morgan fingerprint density at radius 1 is 1.00 bits per heavy atom. The predicted molar refractivity (Wildman–Crippen MR) is 97.1 cm³/mol. The van der Waals surface area contributed by atoms with Gasteiger partial charge in [-0.3, -0.25) is 4.79 Å². The molecule has 0 spiro atoms. The summed E-state index contributed by atoms with van der Waals surface area (Å²) in [6.07, 6.45) is 1.36. The van der Waals surface area contributed by atoms with Crippen LogP contribution in [0.25, 0.3) is 10.8 Å². The van der Waals surface area contributed by atoms with Gasteiger partial charge in [0.15, 0.2) is 0 Å². The van der Waals surface area contributed by atoms with E-state index in [1.165, 1.54) is 6.21 Å². The van der Waals surface area contributed by atoms with Gasteiger partial charge in [-0.25, -0.2) is 5.43 Å². The zero-order valence-corrected chi connectivity index (χ0v) is 13.8. The average Bonchev–Trinajstić information content (AvgIpc) is 2.58. The number of carbonyl (C=O) groups excluding carboxylic acids is 1. The van der Waals surface area contributed by atoms with Gasteiger partial charge in [-0.15, -0.1) is 0 Å². The molecule has 0 aromatic heterocycles. The number of phenols is 1. The van der Waals surface area contributed by atoms with E-state index in [9.17, 15) is 9.90 Å². The Kier molecular flexibility index (Phi) is 4.69. The number of halogens is 2. The second kappa shape index (κ2) is 6.91. The number of fused-ring (bicyclic) bond motifs is 1. The van der Waals surface area contributed by atoms with Crippen LogP contribution >= 0.6 is 23.2 Å². The van der Waals surface area contributed by atoms with Crippen molar-refractivity contribution in [1.82, 2.24) is 5.43 Å². The van der Waals surface area contributed by atoms with Crippen LogP contribution in [0.2, 0.25) is 10.0 Å². The first-order valence-corrected chi connectivity index (χ1v) is 7.81. The highest BCUT2D eigenvalue weighted by Crippen LogP contribution is 2.28. The highest BCUT2D eigenvalue weighted by molar-refractivity contribution is 6.38. The fourth-order valence-corrected chi connectivity index (χ4v) is 2.78. The van der Waals surface area contributed by atoms with Crippen LogP contribution in [0.5, 0.6) is 5.75 Å². The number of rotatable bonds is 3. The molecule has 0 unspecified atom stereocenters. The van der Waals surface area contributed by atoms with Crippen molar-refractivity contribution in [3.05, 3.63) is 75.8 Å². The van der Waals surface area contributed by atoms with Crippen LogP contribution in [0.4, 0.5) is 0 Å². The van der Waals surface area contributed by atoms with Gasteiger partial charge in [0.1, 0.15) is 5.75 Å². The zero-order chi connectivity index (χ0) is 17.1. The Morgan fingerprint density at radius 2 is 1.71 bits per heavy atom. The maximum atomic E-state index is 12.2. The predicted octanol–water partition coefficient (Wildman–Crippen LogP) is 4.62. The van der Waals surface area contributed by atoms with E-state index in [4.69, 9.17) is 23.2 Å². The number of benzene rings is 3. The van der Waals surface area contributed by atoms with Gasteiger partial charge in [-0.2, -0.15) is 5.10 Å². The lowest BCUT2D eigenvalue weighted by atomic mass is 10.1. The summed E-state index contributed by atoms with van der Waals surface area (Å²) in [7, 11) is 0. The number of hydrogen-bond donors (Lipinski definition) is 2. The smallest absolute Gasteiger partial charge is 0.275 e. The molecule has 0 radical (unpaired) electrons. The zero-order valence-electron chi connectivity index (χ0n) is 12.3. The second-order valence-corrected chi connectivity index (χ2v) is 5.83. The summed E-state index contributed by atoms with van der Waals surface area (Å²) >= 11 is 12.0. The lowest BCUT2D eigenvalue weighted by Crippen LogP contribution is -2.17. The molecule has 0 aliphatic rings. The van der Waals surface area contributed by atoms with Crippen LogP contribution in [-0.2, 0) is 0 Å². The van der Waals surface area contributed by atoms with E-state index in [1.54, 1.807) is 42.5 Å². The molecule has 0 aliphatic carbocycles. The van der Waals surface area contributed by atoms with Gasteiger partial charge in [0.05, 0.1) is 21.8 Å². The van der Waals surface area contributed by atoms with Crippen molar-refractivity contribution in [3.8, 4) is 5.75 Å². The minimum atomic E-state index is -0.530. The van der Waals surface area contributed by atoms with Gasteiger partial charge in [-0.1, -0.05) is 59.6 Å². The number of nitrogens with one attached hydrogen (secondary N) is 1. The van der Waals surface area contributed by atoms with Gasteiger partial charge in [0.25, 0.3) is 5.91 Å². The van der Waals surface area contributed by atoms with Crippen molar-refractivity contribution in [3.63, 3.8) is 0 Å². The molecule has 0 saturated carbocycles. The number of nitrogens with zero attached hydrogens (tertiary/aromatic N) is 1. The monoisotopic (exact) mass is 358 g/mol. The van der Waals surface area contributed by atoms with Gasteiger partial charge < -0.3 is 5.11 Å². The first-order valence-electron chi connectivity index (χ1n) is 7.06. The molecule has 0 saturated heterocycles. The molecule has 0 heterocycles. The van der Waals surface area contributed by atoms with Gasteiger partial charge in [0, 0.05) is 10.9 Å². The lowest BCUT2D eigenvalue weighted by molar-refractivity contribution is 0.0952. The number of amides is 1. The van der Waals surface area contributed by atoms with E-state index in [1.807, 2.05) is 12.1 Å². The number of phenolic OH excluding ortho intramolecular Hbond substituents is 1. The first-order chi connectivity index (χ1) is 11.6. The Bertz CT molecular complexity index is 935. The quantitative estimate of drug-likeness (QED) is 0.530. The largest absolute Gasteiger partial charge is 0.506 e. The Labute approximate surface area is 148 Å². The van der Waals surface area contributed by atoms with Crippen molar-refractivity contribution in [2.75, 3.05) is 0 Å². The number of aromatic hydroxyl groups is 1. The van der Waals surface area contributed by atoms with Crippen LogP contribution in [0.1, 0.15) is 15.9 Å². The first kappa shape index (κ1) is 16.3. The molecule has 3 aromatic rings. The third-order valence-electron chi connectivity index (χ3n) is 3.50. The van der Waals surface area contributed by atoms with E-state index in [-0.39, 0.29) is 11.3 Å². The molecule has 4 nitrogen and oxygen atoms in total. The third kappa shape index (κ3) is 3.20. The Balaban J connectivity index is 1.83. The maximum Gasteiger partial charge on any atom is 0.275 e. The van der Waals surface area contributed by atoms with Crippen LogP contribution < -0.4 is 5.43 Å². The third-order valence-corrected chi connectivity index (χ3v) is 4.16. The lowest BCUT2D eigenvalue weighted by Gasteiger charge is -2.06. The molecule has 120 valence electrons. The standard InChI is InChI=1S/C18H12Cl2N2O2/c19-15-6-3-7-16(20)14(15)10-21-22-18(24)13-9-8-11-4-1-2-5-12(11)17(13)23/h1-10,23H,(H,22,24). The van der Waals surface area contributed by atoms with Gasteiger partial charge in [0.2, 0.25) is 0 Å². The topological polar surface area (TPSA) is 61.7 Å². The summed E-state index contributed by atoms with van der Waals surface area (Å²) in [6, 6.07) is 15.6. The molecular formula is C18H12Cl2N2O2. The molecule has 1 amide bonds. The molecule has 0 aliphatic heterocycles. The van der Waals surface area contributed by atoms with Crippen LogP contribution in [0.15, 0.2) is 59.7 Å². The fraction of sp³-hybridized carbons (Fsp3) is 0. The summed E-state index contributed by atoms with van der Waals surface area (Å²) in [5, 5.41) is 16.4. The van der Waals surface area contributed by atoms with Crippen molar-refractivity contribution >= 4 is 46.1 Å². The van der Waals surface area contributed by atoms with Crippen LogP contribution in [-0.4, -0.2) is 17.2 Å². The van der Waals surface area contributed by atoms with Gasteiger partial charge in [-0.05, 0) is 23.6 Å². The number of hydrogen-bond acceptors (Lipinski definition) is 3. The van der Waals surface area contributed by atoms with Gasteiger partial charge >= 0.3 is 0 Å². The highest BCUT2D eigenvalue weighted by atomic mass is 35.5. The minimum Gasteiger partial charge on any atom is -0.506 e. The van der Waals surface area contributed by atoms with E-state index >= 15 is 0 Å². The maximum absolute atomic E-state index is 12.2. The molecule has 0 fully saturated rings. The van der Waals surface area contributed by atoms with E-state index in [0.29, 0.717) is 21.0 Å². The molecule has 0 bridgehead atoms. The fourth-order valence-electron chi connectivity index (χ4n) is 2.29. The Morgan fingerprint density at radius 3 is 2.46 bits per heavy atom. The minimum absolute atomic E-state index is 0.0865. The SMILES string of the molecule is O=C(NN=Cc1c(Cl)cccc1Cl)c1ccc2ccccc2c1O. The normalized spacial score (nSPS) is 11.1. The summed E-state index contributed by atoms with van der Waals surface area (Å²) in [5.41, 5.74) is 3.00. The number of carbonyl (C=O) groups is 1. The van der Waals surface area contributed by atoms with Crippen molar-refractivity contribution in [2.45, 2.75) is 0 Å². The van der Waals surface area contributed by atoms with Crippen LogP contribution in [0, 0.1) is 0 Å². The molecule has 0 atom stereocenters. The molecule has 3 aromatic carbocycles. The van der Waals surface area contributed by atoms with Crippen molar-refractivity contribution in [1.29, 1.82) is 0 Å². The van der Waals surface area contributed by atoms with Crippen molar-refractivity contribution < 1.29 is 9.90 Å². The van der Waals surface area contributed by atoms with Crippen molar-refractivity contribution in [2.24, 2.45) is 5.10 Å². The number of hydrazone groups is 1. The summed E-state index contributed by atoms with van der Waals surface area (Å²) in [5.74, 6) is -0.616. The Hall–Kier alpha value is -2.56. The summed E-state index contributed by atoms with van der Waals surface area (Å²) in [6.45, 7) is 0. The molecular weight excluding hydrogens is 347 g/mol. The molecule has 2 N–H and O–H groups in total. The molecule has 3 rings (SSSR count). The second-order valence-electron chi connectivity index (χ2n) is 5.02. The van der Waals surface area contributed by atoms with E-state index in [0.717, 1.165) is 5.39 Å². The molecule has 24 heavy (non-hydrogen) atoms. The highest BCUT2D eigenvalue weighted by Gasteiger charge is 2.13. The average molecular weight is 359 g/mol.